The van der Waals surface area contributed by atoms with Crippen molar-refractivity contribution in [1.29, 1.82) is 0 Å². The van der Waals surface area contributed by atoms with Crippen LogP contribution in [0, 0.1) is 0 Å². The zero-order chi connectivity index (χ0) is 29.8. The summed E-state index contributed by atoms with van der Waals surface area (Å²) >= 11 is 12.9. The Morgan fingerprint density at radius 3 is 2.45 bits per heavy atom. The van der Waals surface area contributed by atoms with E-state index in [-0.39, 0.29) is 30.2 Å². The van der Waals surface area contributed by atoms with Gasteiger partial charge in [0.2, 0.25) is 0 Å². The molecule has 0 fully saturated rings. The van der Waals surface area contributed by atoms with Gasteiger partial charge >= 0.3 is 6.03 Å². The molecule has 1 atom stereocenters. The van der Waals surface area contributed by atoms with Crippen LogP contribution in [0.3, 0.4) is 0 Å². The summed E-state index contributed by atoms with van der Waals surface area (Å²) in [4.78, 5) is 28.6. The standard InChI is InChI=1S/C32H31Cl2N5O3/c1-4-35-32(41)38-18-23(16-21-10-13-25(42-3)14-11-21)30-26(19-38)29(31(40)36-20(2)22-8-6-5-7-9-22)37-39(30)28-15-12-24(33)17-27(28)34/h5-17,20H,4,18-19H2,1-3H3,(H,35,41)(H,36,40)/b23-16+. The van der Waals surface area contributed by atoms with E-state index in [2.05, 4.69) is 10.6 Å². The predicted molar refractivity (Wildman–Crippen MR) is 166 cm³/mol. The van der Waals surface area contributed by atoms with Gasteiger partial charge in [-0.25, -0.2) is 9.48 Å². The lowest BCUT2D eigenvalue weighted by molar-refractivity contribution is 0.0932. The second-order valence-corrected chi connectivity index (χ2v) is 10.8. The van der Waals surface area contributed by atoms with Crippen LogP contribution in [-0.4, -0.2) is 46.8 Å². The molecule has 216 valence electrons. The molecule has 0 bridgehead atoms. The van der Waals surface area contributed by atoms with Crippen molar-refractivity contribution in [1.82, 2.24) is 25.3 Å². The van der Waals surface area contributed by atoms with Gasteiger partial charge in [-0.3, -0.25) is 4.79 Å². The van der Waals surface area contributed by atoms with Gasteiger partial charge in [0.15, 0.2) is 5.69 Å². The third-order valence-electron chi connectivity index (χ3n) is 7.07. The van der Waals surface area contributed by atoms with Gasteiger partial charge in [0.1, 0.15) is 5.75 Å². The average Bonchev–Trinajstić information content (AvgIpc) is 3.38. The highest BCUT2D eigenvalue weighted by Gasteiger charge is 2.34. The van der Waals surface area contributed by atoms with Gasteiger partial charge in [0, 0.05) is 23.7 Å². The van der Waals surface area contributed by atoms with Gasteiger partial charge in [-0.05, 0) is 67.0 Å². The van der Waals surface area contributed by atoms with E-state index in [4.69, 9.17) is 33.0 Å². The topological polar surface area (TPSA) is 88.5 Å². The van der Waals surface area contributed by atoms with E-state index in [1.54, 1.807) is 34.9 Å². The highest BCUT2D eigenvalue weighted by atomic mass is 35.5. The summed E-state index contributed by atoms with van der Waals surface area (Å²) in [5.74, 6) is 0.378. The van der Waals surface area contributed by atoms with E-state index in [9.17, 15) is 9.59 Å². The number of carbonyl (C=O) groups is 2. The number of urea groups is 1. The summed E-state index contributed by atoms with van der Waals surface area (Å²) in [5.41, 5.74) is 4.76. The molecule has 5 rings (SSSR count). The third kappa shape index (κ3) is 6.15. The zero-order valence-electron chi connectivity index (χ0n) is 23.5. The second kappa shape index (κ2) is 12.7. The van der Waals surface area contributed by atoms with Crippen molar-refractivity contribution >= 4 is 46.8 Å². The molecule has 0 spiro atoms. The highest BCUT2D eigenvalue weighted by molar-refractivity contribution is 6.35. The molecular weight excluding hydrogens is 573 g/mol. The number of aromatic nitrogens is 2. The minimum atomic E-state index is -0.354. The quantitative estimate of drug-likeness (QED) is 0.244. The predicted octanol–water partition coefficient (Wildman–Crippen LogP) is 6.76. The van der Waals surface area contributed by atoms with Crippen LogP contribution >= 0.6 is 23.2 Å². The van der Waals surface area contributed by atoms with Crippen LogP contribution in [0.5, 0.6) is 5.75 Å². The molecule has 4 aromatic rings. The number of ether oxygens (including phenoxy) is 1. The van der Waals surface area contributed by atoms with Gasteiger partial charge in [-0.15, -0.1) is 0 Å². The molecule has 0 saturated heterocycles. The lowest BCUT2D eigenvalue weighted by Crippen LogP contribution is -2.42. The number of hydrogen-bond acceptors (Lipinski definition) is 4. The number of carbonyl (C=O) groups excluding carboxylic acids is 2. The van der Waals surface area contributed by atoms with E-state index in [0.29, 0.717) is 40.1 Å². The Labute approximate surface area is 254 Å². The lowest BCUT2D eigenvalue weighted by Gasteiger charge is -2.30. The summed E-state index contributed by atoms with van der Waals surface area (Å²) < 4.78 is 7.00. The molecule has 0 aliphatic carbocycles. The summed E-state index contributed by atoms with van der Waals surface area (Å²) in [6.45, 7) is 4.74. The molecule has 0 radical (unpaired) electrons. The van der Waals surface area contributed by atoms with Crippen molar-refractivity contribution in [2.45, 2.75) is 26.4 Å². The van der Waals surface area contributed by atoms with Crippen LogP contribution in [0.4, 0.5) is 4.79 Å². The van der Waals surface area contributed by atoms with E-state index in [0.717, 1.165) is 22.4 Å². The Morgan fingerprint density at radius 2 is 1.79 bits per heavy atom. The Hall–Kier alpha value is -4.27. The van der Waals surface area contributed by atoms with E-state index < -0.39 is 0 Å². The maximum absolute atomic E-state index is 13.8. The number of nitrogens with one attached hydrogen (secondary N) is 2. The van der Waals surface area contributed by atoms with Gasteiger partial charge < -0.3 is 20.3 Å². The summed E-state index contributed by atoms with van der Waals surface area (Å²) in [6, 6.07) is 21.9. The first kappa shape index (κ1) is 29.2. The van der Waals surface area contributed by atoms with Crippen molar-refractivity contribution in [2.24, 2.45) is 0 Å². The van der Waals surface area contributed by atoms with Crippen molar-refractivity contribution in [2.75, 3.05) is 20.2 Å². The number of halogens is 2. The molecule has 1 aromatic heterocycles. The number of nitrogens with zero attached hydrogens (tertiary/aromatic N) is 3. The molecule has 10 heteroatoms. The number of fused-ring (bicyclic) bond motifs is 1. The minimum Gasteiger partial charge on any atom is -0.497 e. The van der Waals surface area contributed by atoms with Crippen molar-refractivity contribution in [3.8, 4) is 11.4 Å². The smallest absolute Gasteiger partial charge is 0.317 e. The molecule has 1 aliphatic heterocycles. The van der Waals surface area contributed by atoms with E-state index in [1.807, 2.05) is 74.5 Å². The SMILES string of the molecule is CCNC(=O)N1C/C(=C\c2ccc(OC)cc2)c2c(c(C(=O)NC(C)c3ccccc3)nn2-c2ccc(Cl)cc2Cl)C1. The van der Waals surface area contributed by atoms with Gasteiger partial charge in [-0.1, -0.05) is 65.7 Å². The van der Waals surface area contributed by atoms with Crippen LogP contribution in [0.2, 0.25) is 10.0 Å². The van der Waals surface area contributed by atoms with E-state index in [1.165, 1.54) is 0 Å². The Bertz CT molecular complexity index is 1630. The molecular formula is C32H31Cl2N5O3. The van der Waals surface area contributed by atoms with E-state index >= 15 is 0 Å². The molecule has 2 N–H and O–H groups in total. The average molecular weight is 605 g/mol. The highest BCUT2D eigenvalue weighted by Crippen LogP contribution is 2.36. The Kier molecular flexibility index (Phi) is 8.85. The molecule has 8 nitrogen and oxygen atoms in total. The fraction of sp³-hybridized carbons (Fsp3) is 0.219. The molecule has 3 aromatic carbocycles. The number of hydrogen-bond donors (Lipinski definition) is 2. The first-order valence-corrected chi connectivity index (χ1v) is 14.4. The summed E-state index contributed by atoms with van der Waals surface area (Å²) in [7, 11) is 1.62. The second-order valence-electron chi connectivity index (χ2n) is 9.92. The maximum Gasteiger partial charge on any atom is 0.317 e. The molecule has 42 heavy (non-hydrogen) atoms. The zero-order valence-corrected chi connectivity index (χ0v) is 25.0. The molecule has 1 aliphatic rings. The van der Waals surface area contributed by atoms with Crippen LogP contribution in [0.15, 0.2) is 72.8 Å². The van der Waals surface area contributed by atoms with Crippen LogP contribution in [0.1, 0.15) is 52.8 Å². The fourth-order valence-corrected chi connectivity index (χ4v) is 5.47. The van der Waals surface area contributed by atoms with Crippen LogP contribution < -0.4 is 15.4 Å². The molecule has 3 amide bonds. The molecule has 1 unspecified atom stereocenters. The Morgan fingerprint density at radius 1 is 1.05 bits per heavy atom. The summed E-state index contributed by atoms with van der Waals surface area (Å²) in [6.07, 6.45) is 1.99. The normalized spacial score (nSPS) is 14.3. The van der Waals surface area contributed by atoms with Crippen LogP contribution in [-0.2, 0) is 6.54 Å². The van der Waals surface area contributed by atoms with Gasteiger partial charge in [0.25, 0.3) is 5.91 Å². The fourth-order valence-electron chi connectivity index (χ4n) is 4.98. The summed E-state index contributed by atoms with van der Waals surface area (Å²) in [5, 5.41) is 11.6. The van der Waals surface area contributed by atoms with Crippen molar-refractivity contribution < 1.29 is 14.3 Å². The number of rotatable bonds is 7. The first-order chi connectivity index (χ1) is 20.3. The van der Waals surface area contributed by atoms with Crippen molar-refractivity contribution in [3.63, 3.8) is 0 Å². The number of benzene rings is 3. The van der Waals surface area contributed by atoms with Crippen LogP contribution in [0.25, 0.3) is 17.3 Å². The molecule has 0 saturated carbocycles. The monoisotopic (exact) mass is 603 g/mol. The number of methoxy groups -OCH3 is 1. The number of amides is 3. The van der Waals surface area contributed by atoms with Crippen molar-refractivity contribution in [3.05, 3.63) is 111 Å². The first-order valence-electron chi connectivity index (χ1n) is 13.6. The van der Waals surface area contributed by atoms with Gasteiger partial charge in [-0.2, -0.15) is 5.10 Å². The lowest BCUT2D eigenvalue weighted by atomic mass is 9.97. The maximum atomic E-state index is 13.8. The Balaban J connectivity index is 1.67. The largest absolute Gasteiger partial charge is 0.497 e. The van der Waals surface area contributed by atoms with Gasteiger partial charge in [0.05, 0.1) is 36.1 Å². The minimum absolute atomic E-state index is 0.189. The molecule has 2 heterocycles. The third-order valence-corrected chi connectivity index (χ3v) is 7.61.